The van der Waals surface area contributed by atoms with Crippen LogP contribution in [0.15, 0.2) is 133 Å². The summed E-state index contributed by atoms with van der Waals surface area (Å²) < 4.78 is 31.7. The lowest BCUT2D eigenvalue weighted by molar-refractivity contribution is -0.263. The third-order valence-corrected chi connectivity index (χ3v) is 9.02. The smallest absolute Gasteiger partial charge is 0.119 e. The van der Waals surface area contributed by atoms with Crippen molar-refractivity contribution in [2.75, 3.05) is 13.2 Å². The summed E-state index contributed by atoms with van der Waals surface area (Å²) in [6, 6.07) is 43.8. The van der Waals surface area contributed by atoms with Crippen molar-refractivity contribution in [1.82, 2.24) is 0 Å². The zero-order valence-electron chi connectivity index (χ0n) is 27.7. The molecule has 1 aliphatic rings. The summed E-state index contributed by atoms with van der Waals surface area (Å²) in [5, 5.41) is 12.7. The fourth-order valence-corrected chi connectivity index (χ4v) is 6.31. The Morgan fingerprint density at radius 3 is 1.82 bits per heavy atom. The van der Waals surface area contributed by atoms with Gasteiger partial charge in [-0.1, -0.05) is 127 Å². The summed E-state index contributed by atoms with van der Waals surface area (Å²) in [7, 11) is 0. The molecule has 254 valence electrons. The van der Waals surface area contributed by atoms with Crippen LogP contribution < -0.4 is 4.74 Å². The highest BCUT2D eigenvalue weighted by atomic mass is 35.5. The molecule has 1 fully saturated rings. The topological polar surface area (TPSA) is 66.4 Å². The molecule has 7 heteroatoms. The van der Waals surface area contributed by atoms with E-state index in [1.165, 1.54) is 0 Å². The Balaban J connectivity index is 1.28. The minimum Gasteiger partial charge on any atom is -0.494 e. The van der Waals surface area contributed by atoms with Gasteiger partial charge in [0.2, 0.25) is 0 Å². The molecule has 5 aromatic rings. The summed E-state index contributed by atoms with van der Waals surface area (Å²) >= 11 is 6.73. The quantitative estimate of drug-likeness (QED) is 0.120. The van der Waals surface area contributed by atoms with Crippen molar-refractivity contribution < 1.29 is 28.8 Å². The van der Waals surface area contributed by atoms with Crippen LogP contribution in [0.5, 0.6) is 5.75 Å². The second-order valence-electron chi connectivity index (χ2n) is 12.2. The second-order valence-corrected chi connectivity index (χ2v) is 12.6. The number of hydrogen-bond acceptors (Lipinski definition) is 6. The Hall–Kier alpha value is -4.01. The summed E-state index contributed by atoms with van der Waals surface area (Å²) in [5.41, 5.74) is 5.91. The molecular weight excluding hydrogens is 636 g/mol. The van der Waals surface area contributed by atoms with Gasteiger partial charge in [0, 0.05) is 5.02 Å². The third kappa shape index (κ3) is 9.58. The molecule has 0 radical (unpaired) electrons. The normalized spacial score (nSPS) is 20.6. The lowest BCUT2D eigenvalue weighted by Crippen LogP contribution is -2.57. The van der Waals surface area contributed by atoms with Gasteiger partial charge in [-0.2, -0.15) is 0 Å². The molecule has 1 heterocycles. The van der Waals surface area contributed by atoms with E-state index in [2.05, 4.69) is 0 Å². The Kier molecular flexibility index (Phi) is 12.5. The number of benzene rings is 5. The molecule has 0 spiro atoms. The first-order chi connectivity index (χ1) is 24.1. The van der Waals surface area contributed by atoms with Crippen LogP contribution in [0.2, 0.25) is 5.02 Å². The number of ether oxygens (including phenoxy) is 5. The van der Waals surface area contributed by atoms with Crippen LogP contribution in [0.25, 0.3) is 0 Å². The van der Waals surface area contributed by atoms with Gasteiger partial charge in [0.05, 0.1) is 33.0 Å². The first-order valence-electron chi connectivity index (χ1n) is 16.8. The number of aliphatic hydroxyl groups is 1. The predicted octanol–water partition coefficient (Wildman–Crippen LogP) is 8.52. The zero-order chi connectivity index (χ0) is 33.8. The molecule has 0 aromatic heterocycles. The molecule has 0 bridgehead atoms. The lowest BCUT2D eigenvalue weighted by Gasteiger charge is -2.45. The van der Waals surface area contributed by atoms with Gasteiger partial charge in [0.1, 0.15) is 36.3 Å². The maximum absolute atomic E-state index is 12.1. The fraction of sp³-hybridized carbons (Fsp3) is 0.286. The third-order valence-electron chi connectivity index (χ3n) is 8.65. The van der Waals surface area contributed by atoms with Crippen LogP contribution in [-0.4, -0.2) is 42.7 Å². The van der Waals surface area contributed by atoms with Gasteiger partial charge in [-0.05, 0) is 64.9 Å². The average molecular weight is 679 g/mol. The predicted molar refractivity (Wildman–Crippen MR) is 192 cm³/mol. The SMILES string of the molecule is CCOc1ccc(Cc2cc(C3OC(COCc4ccccc4)C(OCc4ccccc4)C(OCc4ccccc4)C3O)ccc2Cl)cc1. The van der Waals surface area contributed by atoms with Crippen LogP contribution >= 0.6 is 11.6 Å². The van der Waals surface area contributed by atoms with Crippen LogP contribution in [0.4, 0.5) is 0 Å². The van der Waals surface area contributed by atoms with Gasteiger partial charge in [-0.15, -0.1) is 0 Å². The largest absolute Gasteiger partial charge is 0.494 e. The molecular formula is C42H43ClO6. The first-order valence-corrected chi connectivity index (χ1v) is 17.2. The van der Waals surface area contributed by atoms with E-state index in [-0.39, 0.29) is 6.61 Å². The maximum Gasteiger partial charge on any atom is 0.119 e. The number of aliphatic hydroxyl groups excluding tert-OH is 1. The van der Waals surface area contributed by atoms with Crippen molar-refractivity contribution in [1.29, 1.82) is 0 Å². The Morgan fingerprint density at radius 2 is 1.22 bits per heavy atom. The van der Waals surface area contributed by atoms with E-state index in [0.717, 1.165) is 39.1 Å². The van der Waals surface area contributed by atoms with Crippen molar-refractivity contribution >= 4 is 11.6 Å². The van der Waals surface area contributed by atoms with Gasteiger partial charge >= 0.3 is 0 Å². The molecule has 5 aromatic carbocycles. The van der Waals surface area contributed by atoms with E-state index >= 15 is 0 Å². The summed E-state index contributed by atoms with van der Waals surface area (Å²) in [6.07, 6.45) is -2.98. The molecule has 0 saturated carbocycles. The van der Waals surface area contributed by atoms with Crippen LogP contribution in [0.3, 0.4) is 0 Å². The summed E-state index contributed by atoms with van der Waals surface area (Å²) in [6.45, 7) is 3.89. The van der Waals surface area contributed by atoms with E-state index in [9.17, 15) is 5.11 Å². The first kappa shape index (κ1) is 34.8. The van der Waals surface area contributed by atoms with E-state index in [0.29, 0.717) is 37.9 Å². The molecule has 6 nitrogen and oxygen atoms in total. The number of halogens is 1. The molecule has 1 saturated heterocycles. The van der Waals surface area contributed by atoms with Gasteiger partial charge in [0.25, 0.3) is 0 Å². The van der Waals surface area contributed by atoms with Crippen molar-refractivity contribution in [2.45, 2.75) is 63.7 Å². The Bertz CT molecular complexity index is 1700. The lowest BCUT2D eigenvalue weighted by atomic mass is 9.89. The van der Waals surface area contributed by atoms with Crippen molar-refractivity contribution in [3.8, 4) is 5.75 Å². The van der Waals surface area contributed by atoms with Gasteiger partial charge < -0.3 is 28.8 Å². The van der Waals surface area contributed by atoms with Gasteiger partial charge in [-0.3, -0.25) is 0 Å². The molecule has 6 rings (SSSR count). The monoisotopic (exact) mass is 678 g/mol. The highest BCUT2D eigenvalue weighted by Gasteiger charge is 2.47. The molecule has 49 heavy (non-hydrogen) atoms. The van der Waals surface area contributed by atoms with E-state index in [1.807, 2.05) is 140 Å². The molecule has 0 amide bonds. The molecule has 5 unspecified atom stereocenters. The van der Waals surface area contributed by atoms with Crippen molar-refractivity contribution in [3.63, 3.8) is 0 Å². The van der Waals surface area contributed by atoms with Crippen molar-refractivity contribution in [3.05, 3.63) is 172 Å². The number of hydrogen-bond donors (Lipinski definition) is 1. The minimum absolute atomic E-state index is 0.245. The highest BCUT2D eigenvalue weighted by molar-refractivity contribution is 6.31. The van der Waals surface area contributed by atoms with Crippen LogP contribution in [0, 0.1) is 0 Å². The van der Waals surface area contributed by atoms with Gasteiger partial charge in [0.15, 0.2) is 0 Å². The van der Waals surface area contributed by atoms with Gasteiger partial charge in [-0.25, -0.2) is 0 Å². The van der Waals surface area contributed by atoms with Crippen LogP contribution in [0.1, 0.15) is 46.4 Å². The van der Waals surface area contributed by atoms with E-state index < -0.39 is 30.5 Å². The summed E-state index contributed by atoms with van der Waals surface area (Å²) in [5.74, 6) is 0.830. The average Bonchev–Trinajstić information content (AvgIpc) is 3.14. The summed E-state index contributed by atoms with van der Waals surface area (Å²) in [4.78, 5) is 0. The Labute approximate surface area is 294 Å². The molecule has 1 N–H and O–H groups in total. The fourth-order valence-electron chi connectivity index (χ4n) is 6.13. The zero-order valence-corrected chi connectivity index (χ0v) is 28.5. The standard InChI is InChI=1S/C42H43ClO6/c1-2-46-36-21-18-30(19-22-36)24-35-25-34(20-23-37(35)43)40-39(44)42(48-28-33-16-10-5-11-17-33)41(47-27-32-14-8-4-9-15-32)38(49-40)29-45-26-31-12-6-3-7-13-31/h3-23,25,38-42,44H,2,24,26-29H2,1H3. The maximum atomic E-state index is 12.1. The number of rotatable bonds is 15. The molecule has 0 aliphatic carbocycles. The molecule has 5 atom stereocenters. The van der Waals surface area contributed by atoms with E-state index in [1.54, 1.807) is 0 Å². The van der Waals surface area contributed by atoms with E-state index in [4.69, 9.17) is 35.3 Å². The highest BCUT2D eigenvalue weighted by Crippen LogP contribution is 2.38. The molecule has 1 aliphatic heterocycles. The second kappa shape index (κ2) is 17.6. The Morgan fingerprint density at radius 1 is 0.653 bits per heavy atom. The van der Waals surface area contributed by atoms with Crippen molar-refractivity contribution in [2.24, 2.45) is 0 Å². The minimum atomic E-state index is -1.03. The van der Waals surface area contributed by atoms with Crippen LogP contribution in [-0.2, 0) is 45.2 Å².